The zero-order valence-corrected chi connectivity index (χ0v) is 18.0. The highest BCUT2D eigenvalue weighted by molar-refractivity contribution is 5.48. The maximum Gasteiger partial charge on any atom is 0.135 e. The van der Waals surface area contributed by atoms with E-state index >= 15 is 0 Å². The Morgan fingerprint density at radius 3 is 2.90 bits per heavy atom. The van der Waals surface area contributed by atoms with Crippen LogP contribution in [0.4, 0.5) is 5.82 Å². The van der Waals surface area contributed by atoms with Gasteiger partial charge in [0, 0.05) is 44.7 Å². The van der Waals surface area contributed by atoms with E-state index in [4.69, 9.17) is 14.7 Å². The SMILES string of the molecule is CNc1nc(C2CCNC2)nc2c1CCN(Cc1cccc(OC3CCCC3)c1)C2. The molecule has 3 aliphatic rings. The Balaban J connectivity index is 1.30. The van der Waals surface area contributed by atoms with Gasteiger partial charge < -0.3 is 15.4 Å². The molecule has 6 heteroatoms. The lowest BCUT2D eigenvalue weighted by Gasteiger charge is -2.30. The minimum absolute atomic E-state index is 0.405. The number of nitrogens with one attached hydrogen (secondary N) is 2. The van der Waals surface area contributed by atoms with Crippen LogP contribution in [0.5, 0.6) is 5.75 Å². The average Bonchev–Trinajstić information content (AvgIpc) is 3.47. The topological polar surface area (TPSA) is 62.3 Å². The molecule has 6 nitrogen and oxygen atoms in total. The molecule has 0 radical (unpaired) electrons. The van der Waals surface area contributed by atoms with Crippen molar-refractivity contribution in [1.29, 1.82) is 0 Å². The first-order chi connectivity index (χ1) is 14.8. The first-order valence-corrected chi connectivity index (χ1v) is 11.5. The van der Waals surface area contributed by atoms with Crippen molar-refractivity contribution in [2.75, 3.05) is 32.0 Å². The highest BCUT2D eigenvalue weighted by atomic mass is 16.5. The van der Waals surface area contributed by atoms with Gasteiger partial charge in [0.25, 0.3) is 0 Å². The summed E-state index contributed by atoms with van der Waals surface area (Å²) in [4.78, 5) is 12.4. The second-order valence-corrected chi connectivity index (χ2v) is 8.93. The van der Waals surface area contributed by atoms with Crippen molar-refractivity contribution < 1.29 is 4.74 Å². The molecule has 1 saturated carbocycles. The van der Waals surface area contributed by atoms with Crippen LogP contribution in [0.3, 0.4) is 0 Å². The Labute approximate surface area is 179 Å². The zero-order valence-electron chi connectivity index (χ0n) is 18.0. The number of hydrogen-bond acceptors (Lipinski definition) is 6. The van der Waals surface area contributed by atoms with E-state index in [1.807, 2.05) is 7.05 Å². The van der Waals surface area contributed by atoms with Crippen LogP contribution in [0.15, 0.2) is 24.3 Å². The molecular formula is C24H33N5O. The fourth-order valence-electron chi connectivity index (χ4n) is 5.08. The van der Waals surface area contributed by atoms with E-state index in [1.54, 1.807) is 0 Å². The summed E-state index contributed by atoms with van der Waals surface area (Å²) in [5.41, 5.74) is 3.81. The highest BCUT2D eigenvalue weighted by Crippen LogP contribution is 2.29. The molecule has 1 unspecified atom stereocenters. The molecule has 2 aromatic rings. The minimum atomic E-state index is 0.405. The molecule has 2 N–H and O–H groups in total. The molecular weight excluding hydrogens is 374 g/mol. The average molecular weight is 408 g/mol. The molecule has 0 bridgehead atoms. The van der Waals surface area contributed by atoms with E-state index < -0.39 is 0 Å². The quantitative estimate of drug-likeness (QED) is 0.765. The highest BCUT2D eigenvalue weighted by Gasteiger charge is 2.26. The summed E-state index contributed by atoms with van der Waals surface area (Å²) < 4.78 is 6.21. The molecule has 5 rings (SSSR count). The Morgan fingerprint density at radius 2 is 2.10 bits per heavy atom. The lowest BCUT2D eigenvalue weighted by atomic mass is 10.0. The summed E-state index contributed by atoms with van der Waals surface area (Å²) in [5.74, 6) is 3.47. The third-order valence-corrected chi connectivity index (χ3v) is 6.73. The van der Waals surface area contributed by atoms with Crippen LogP contribution in [0.2, 0.25) is 0 Å². The van der Waals surface area contributed by atoms with Crippen LogP contribution in [0.1, 0.15) is 60.7 Å². The summed E-state index contributed by atoms with van der Waals surface area (Å²) >= 11 is 0. The molecule has 2 aliphatic heterocycles. The van der Waals surface area contributed by atoms with Gasteiger partial charge in [-0.2, -0.15) is 0 Å². The minimum Gasteiger partial charge on any atom is -0.490 e. The van der Waals surface area contributed by atoms with Gasteiger partial charge in [-0.25, -0.2) is 9.97 Å². The fraction of sp³-hybridized carbons (Fsp3) is 0.583. The monoisotopic (exact) mass is 407 g/mol. The summed E-state index contributed by atoms with van der Waals surface area (Å²) in [7, 11) is 1.97. The van der Waals surface area contributed by atoms with Gasteiger partial charge in [0.15, 0.2) is 0 Å². The van der Waals surface area contributed by atoms with Crippen molar-refractivity contribution in [3.8, 4) is 5.75 Å². The van der Waals surface area contributed by atoms with Crippen molar-refractivity contribution in [3.05, 3.63) is 46.9 Å². The lowest BCUT2D eigenvalue weighted by molar-refractivity contribution is 0.208. The molecule has 3 heterocycles. The van der Waals surface area contributed by atoms with Gasteiger partial charge in [-0.1, -0.05) is 12.1 Å². The second kappa shape index (κ2) is 8.90. The van der Waals surface area contributed by atoms with Gasteiger partial charge in [-0.05, 0) is 62.8 Å². The molecule has 30 heavy (non-hydrogen) atoms. The summed E-state index contributed by atoms with van der Waals surface area (Å²) in [5, 5.41) is 6.76. The van der Waals surface area contributed by atoms with Gasteiger partial charge in [-0.3, -0.25) is 4.90 Å². The third-order valence-electron chi connectivity index (χ3n) is 6.73. The number of benzene rings is 1. The Morgan fingerprint density at radius 1 is 1.20 bits per heavy atom. The molecule has 2 fully saturated rings. The Hall–Kier alpha value is -2.18. The van der Waals surface area contributed by atoms with Crippen molar-refractivity contribution in [3.63, 3.8) is 0 Å². The molecule has 1 saturated heterocycles. The van der Waals surface area contributed by atoms with E-state index in [0.29, 0.717) is 12.0 Å². The van der Waals surface area contributed by atoms with E-state index in [2.05, 4.69) is 39.8 Å². The van der Waals surface area contributed by atoms with Crippen molar-refractivity contribution in [2.24, 2.45) is 0 Å². The standard InChI is InChI=1S/C24H33N5O/c1-25-24-21-10-12-29(16-22(21)27-23(28-24)18-9-11-26-14-18)15-17-5-4-8-20(13-17)30-19-6-2-3-7-19/h4-5,8,13,18-19,26H,2-3,6-7,9-12,14-16H2,1H3,(H,25,27,28). The maximum atomic E-state index is 6.21. The predicted molar refractivity (Wildman–Crippen MR) is 119 cm³/mol. The van der Waals surface area contributed by atoms with Crippen LogP contribution in [0.25, 0.3) is 0 Å². The van der Waals surface area contributed by atoms with Crippen molar-refractivity contribution in [1.82, 2.24) is 20.2 Å². The number of aromatic nitrogens is 2. The molecule has 0 amide bonds. The fourth-order valence-corrected chi connectivity index (χ4v) is 5.08. The first kappa shape index (κ1) is 19.8. The van der Waals surface area contributed by atoms with Crippen LogP contribution >= 0.6 is 0 Å². The van der Waals surface area contributed by atoms with Gasteiger partial charge in [-0.15, -0.1) is 0 Å². The van der Waals surface area contributed by atoms with Gasteiger partial charge in [0.05, 0.1) is 11.8 Å². The predicted octanol–water partition coefficient (Wildman–Crippen LogP) is 3.47. The van der Waals surface area contributed by atoms with Crippen LogP contribution in [-0.4, -0.2) is 47.7 Å². The Bertz CT molecular complexity index is 874. The molecule has 1 aliphatic carbocycles. The van der Waals surface area contributed by atoms with E-state index in [0.717, 1.165) is 63.0 Å². The summed E-state index contributed by atoms with van der Waals surface area (Å²) in [6.07, 6.45) is 7.51. The molecule has 0 spiro atoms. The largest absolute Gasteiger partial charge is 0.490 e. The van der Waals surface area contributed by atoms with Gasteiger partial charge in [0.2, 0.25) is 0 Å². The number of ether oxygens (including phenoxy) is 1. The maximum absolute atomic E-state index is 6.21. The number of anilines is 1. The molecule has 160 valence electrons. The Kier molecular flexibility index (Phi) is 5.86. The van der Waals surface area contributed by atoms with E-state index in [9.17, 15) is 0 Å². The number of rotatable bonds is 6. The summed E-state index contributed by atoms with van der Waals surface area (Å²) in [6, 6.07) is 8.67. The van der Waals surface area contributed by atoms with Crippen molar-refractivity contribution >= 4 is 5.82 Å². The lowest BCUT2D eigenvalue weighted by Crippen LogP contribution is -2.32. The van der Waals surface area contributed by atoms with Gasteiger partial charge >= 0.3 is 0 Å². The molecule has 1 aromatic carbocycles. The third kappa shape index (κ3) is 4.30. The number of nitrogens with zero attached hydrogens (tertiary/aromatic N) is 3. The molecule has 1 atom stereocenters. The zero-order chi connectivity index (χ0) is 20.3. The van der Waals surface area contributed by atoms with Crippen LogP contribution in [0, 0.1) is 0 Å². The summed E-state index contributed by atoms with van der Waals surface area (Å²) in [6.45, 7) is 4.89. The second-order valence-electron chi connectivity index (χ2n) is 8.93. The van der Waals surface area contributed by atoms with Crippen LogP contribution < -0.4 is 15.4 Å². The number of fused-ring (bicyclic) bond motifs is 1. The number of hydrogen-bond donors (Lipinski definition) is 2. The normalized spacial score (nSPS) is 22.2. The smallest absolute Gasteiger partial charge is 0.135 e. The first-order valence-electron chi connectivity index (χ1n) is 11.5. The van der Waals surface area contributed by atoms with E-state index in [-0.39, 0.29) is 0 Å². The van der Waals surface area contributed by atoms with Crippen molar-refractivity contribution in [2.45, 2.75) is 63.6 Å². The molecule has 1 aromatic heterocycles. The van der Waals surface area contributed by atoms with Crippen LogP contribution in [-0.2, 0) is 19.5 Å². The van der Waals surface area contributed by atoms with E-state index in [1.165, 1.54) is 42.5 Å². The van der Waals surface area contributed by atoms with Gasteiger partial charge in [0.1, 0.15) is 17.4 Å².